The third-order valence-electron chi connectivity index (χ3n) is 5.27. The fraction of sp³-hybridized carbons (Fsp3) is 0.120. The van der Waals surface area contributed by atoms with Crippen molar-refractivity contribution in [1.82, 2.24) is 4.40 Å². The van der Waals surface area contributed by atoms with Crippen LogP contribution >= 0.6 is 11.6 Å². The van der Waals surface area contributed by atoms with Crippen molar-refractivity contribution < 1.29 is 14.3 Å². The molecule has 0 aliphatic heterocycles. The second kappa shape index (κ2) is 8.77. The molecule has 0 aliphatic carbocycles. The number of pyridine rings is 1. The summed E-state index contributed by atoms with van der Waals surface area (Å²) in [6.07, 6.45) is 1.72. The van der Waals surface area contributed by atoms with Crippen molar-refractivity contribution in [2.45, 2.75) is 13.8 Å². The Morgan fingerprint density at radius 3 is 2.53 bits per heavy atom. The minimum absolute atomic E-state index is 0.118. The van der Waals surface area contributed by atoms with Crippen LogP contribution < -0.4 is 15.8 Å². The highest BCUT2D eigenvalue weighted by Gasteiger charge is 2.26. The van der Waals surface area contributed by atoms with Crippen LogP contribution in [0.5, 0.6) is 5.75 Å². The van der Waals surface area contributed by atoms with Gasteiger partial charge in [0.2, 0.25) is 5.78 Å². The van der Waals surface area contributed by atoms with E-state index >= 15 is 0 Å². The van der Waals surface area contributed by atoms with E-state index in [2.05, 4.69) is 5.32 Å². The maximum Gasteiger partial charge on any atom is 0.259 e. The molecule has 7 heteroatoms. The minimum Gasteiger partial charge on any atom is -0.494 e. The highest BCUT2D eigenvalue weighted by Crippen LogP contribution is 2.31. The lowest BCUT2D eigenvalue weighted by molar-refractivity contribution is 0.102. The molecule has 0 saturated carbocycles. The van der Waals surface area contributed by atoms with Crippen LogP contribution in [0.4, 0.5) is 11.4 Å². The van der Waals surface area contributed by atoms with Gasteiger partial charge in [-0.15, -0.1) is 0 Å². The third-order valence-corrected chi connectivity index (χ3v) is 5.68. The number of ketones is 1. The molecule has 0 atom stereocenters. The van der Waals surface area contributed by atoms with Gasteiger partial charge in [0, 0.05) is 22.5 Å². The first-order chi connectivity index (χ1) is 15.4. The molecule has 4 rings (SSSR count). The molecule has 0 spiro atoms. The van der Waals surface area contributed by atoms with Crippen LogP contribution in [0.15, 0.2) is 66.9 Å². The number of anilines is 2. The average Bonchev–Trinajstić information content (AvgIpc) is 3.09. The molecule has 0 unspecified atom stereocenters. The van der Waals surface area contributed by atoms with Gasteiger partial charge in [0.15, 0.2) is 0 Å². The van der Waals surface area contributed by atoms with Crippen LogP contribution in [0.25, 0.3) is 5.52 Å². The number of nitrogens with zero attached hydrogens (tertiary/aromatic N) is 1. The summed E-state index contributed by atoms with van der Waals surface area (Å²) in [4.78, 5) is 26.6. The molecule has 32 heavy (non-hydrogen) atoms. The summed E-state index contributed by atoms with van der Waals surface area (Å²) in [5.41, 5.74) is 9.30. The Balaban J connectivity index is 1.77. The number of carbonyl (C=O) groups is 2. The van der Waals surface area contributed by atoms with E-state index in [4.69, 9.17) is 22.1 Å². The van der Waals surface area contributed by atoms with Crippen molar-refractivity contribution in [2.24, 2.45) is 0 Å². The van der Waals surface area contributed by atoms with Crippen molar-refractivity contribution in [2.75, 3.05) is 17.7 Å². The second-order valence-electron chi connectivity index (χ2n) is 7.25. The molecule has 0 radical (unpaired) electrons. The molecule has 0 bridgehead atoms. The van der Waals surface area contributed by atoms with Gasteiger partial charge in [-0.05, 0) is 67.9 Å². The summed E-state index contributed by atoms with van der Waals surface area (Å²) < 4.78 is 7.09. The summed E-state index contributed by atoms with van der Waals surface area (Å²) in [7, 11) is 0. The standard InChI is InChI=1S/C25H22ClN3O3/c1-3-32-17-12-10-16(11-13-17)24(30)23-22(27)21(20-9-4-5-14-29(20)23)25(31)28-19-8-6-7-18(26)15(19)2/h4-14H,3,27H2,1-2H3,(H,28,31). The molecule has 4 aromatic rings. The zero-order chi connectivity index (χ0) is 22.8. The lowest BCUT2D eigenvalue weighted by atomic mass is 10.1. The number of nitrogens with one attached hydrogen (secondary N) is 1. The number of hydrogen-bond acceptors (Lipinski definition) is 4. The number of carbonyl (C=O) groups excluding carboxylic acids is 2. The Morgan fingerprint density at radius 1 is 1.06 bits per heavy atom. The van der Waals surface area contributed by atoms with E-state index in [1.807, 2.05) is 13.8 Å². The molecule has 2 aromatic carbocycles. The highest BCUT2D eigenvalue weighted by molar-refractivity contribution is 6.32. The quantitative estimate of drug-likeness (QED) is 0.389. The normalized spacial score (nSPS) is 10.8. The van der Waals surface area contributed by atoms with E-state index in [9.17, 15) is 9.59 Å². The molecule has 1 amide bonds. The second-order valence-corrected chi connectivity index (χ2v) is 7.65. The maximum atomic E-state index is 13.4. The number of amides is 1. The molecule has 0 aliphatic rings. The number of hydrogen-bond donors (Lipinski definition) is 2. The number of aromatic nitrogens is 1. The molecular weight excluding hydrogens is 426 g/mol. The first kappa shape index (κ1) is 21.5. The van der Waals surface area contributed by atoms with Crippen LogP contribution in [0.2, 0.25) is 5.02 Å². The Morgan fingerprint density at radius 2 is 1.81 bits per heavy atom. The zero-order valence-electron chi connectivity index (χ0n) is 17.7. The Kier molecular flexibility index (Phi) is 5.88. The van der Waals surface area contributed by atoms with Gasteiger partial charge in [0.25, 0.3) is 5.91 Å². The summed E-state index contributed by atoms with van der Waals surface area (Å²) in [6.45, 7) is 4.25. The molecule has 3 N–H and O–H groups in total. The third kappa shape index (κ3) is 3.81. The first-order valence-electron chi connectivity index (χ1n) is 10.1. The largest absolute Gasteiger partial charge is 0.494 e. The topological polar surface area (TPSA) is 85.8 Å². The first-order valence-corrected chi connectivity index (χ1v) is 10.5. The van der Waals surface area contributed by atoms with Crippen molar-refractivity contribution >= 4 is 40.2 Å². The van der Waals surface area contributed by atoms with Gasteiger partial charge in [-0.3, -0.25) is 9.59 Å². The number of benzene rings is 2. The van der Waals surface area contributed by atoms with Gasteiger partial charge < -0.3 is 20.2 Å². The molecule has 2 aromatic heterocycles. The van der Waals surface area contributed by atoms with Crippen LogP contribution in [0.1, 0.15) is 38.9 Å². The zero-order valence-corrected chi connectivity index (χ0v) is 18.4. The summed E-state index contributed by atoms with van der Waals surface area (Å²) in [5.74, 6) is -0.0268. The van der Waals surface area contributed by atoms with Crippen LogP contribution in [-0.2, 0) is 0 Å². The number of halogens is 1. The van der Waals surface area contributed by atoms with E-state index < -0.39 is 5.91 Å². The number of ether oxygens (including phenoxy) is 1. The lowest BCUT2D eigenvalue weighted by Crippen LogP contribution is -2.15. The monoisotopic (exact) mass is 447 g/mol. The molecule has 6 nitrogen and oxygen atoms in total. The lowest BCUT2D eigenvalue weighted by Gasteiger charge is -2.09. The fourth-order valence-electron chi connectivity index (χ4n) is 3.63. The molecular formula is C25H22ClN3O3. The predicted molar refractivity (Wildman–Crippen MR) is 127 cm³/mol. The van der Waals surface area contributed by atoms with Gasteiger partial charge in [0.1, 0.15) is 11.4 Å². The minimum atomic E-state index is -0.415. The number of fused-ring (bicyclic) bond motifs is 1. The molecule has 162 valence electrons. The predicted octanol–water partition coefficient (Wildman–Crippen LogP) is 5.37. The fourth-order valence-corrected chi connectivity index (χ4v) is 3.81. The van der Waals surface area contributed by atoms with Gasteiger partial charge in [-0.25, -0.2) is 0 Å². The maximum absolute atomic E-state index is 13.4. The van der Waals surface area contributed by atoms with Gasteiger partial charge in [-0.1, -0.05) is 23.7 Å². The van der Waals surface area contributed by atoms with Crippen molar-refractivity contribution in [3.63, 3.8) is 0 Å². The van der Waals surface area contributed by atoms with E-state index in [0.29, 0.717) is 34.1 Å². The number of nitrogens with two attached hydrogens (primary N) is 1. The number of rotatable bonds is 6. The van der Waals surface area contributed by atoms with Crippen LogP contribution in [0.3, 0.4) is 0 Å². The number of nitrogen functional groups attached to an aromatic ring is 1. The van der Waals surface area contributed by atoms with E-state index in [1.165, 1.54) is 0 Å². The van der Waals surface area contributed by atoms with Gasteiger partial charge >= 0.3 is 0 Å². The van der Waals surface area contributed by atoms with Crippen LogP contribution in [-0.4, -0.2) is 22.7 Å². The molecule has 2 heterocycles. The van der Waals surface area contributed by atoms with Crippen molar-refractivity contribution in [1.29, 1.82) is 0 Å². The Labute approximate surface area is 190 Å². The van der Waals surface area contributed by atoms with Gasteiger partial charge in [-0.2, -0.15) is 0 Å². The van der Waals surface area contributed by atoms with E-state index in [-0.39, 0.29) is 22.7 Å². The summed E-state index contributed by atoms with van der Waals surface area (Å²) >= 11 is 6.18. The molecule has 0 fully saturated rings. The Bertz CT molecular complexity index is 1330. The summed E-state index contributed by atoms with van der Waals surface area (Å²) in [6, 6.07) is 17.4. The smallest absolute Gasteiger partial charge is 0.259 e. The molecule has 0 saturated heterocycles. The van der Waals surface area contributed by atoms with E-state index in [1.54, 1.807) is 71.3 Å². The van der Waals surface area contributed by atoms with Crippen molar-refractivity contribution in [3.8, 4) is 5.75 Å². The SMILES string of the molecule is CCOc1ccc(C(=O)c2c(N)c(C(=O)Nc3cccc(Cl)c3C)c3ccccn23)cc1. The van der Waals surface area contributed by atoms with Crippen LogP contribution in [0, 0.1) is 6.92 Å². The Hall–Kier alpha value is -3.77. The van der Waals surface area contributed by atoms with E-state index in [0.717, 1.165) is 5.56 Å². The average molecular weight is 448 g/mol. The summed E-state index contributed by atoms with van der Waals surface area (Å²) in [5, 5.41) is 3.41. The van der Waals surface area contributed by atoms with Gasteiger partial charge in [0.05, 0.1) is 23.4 Å². The highest BCUT2D eigenvalue weighted by atomic mass is 35.5. The van der Waals surface area contributed by atoms with Crippen molar-refractivity contribution in [3.05, 3.63) is 94.3 Å².